The van der Waals surface area contributed by atoms with Gasteiger partial charge in [0.1, 0.15) is 6.10 Å². The van der Waals surface area contributed by atoms with Crippen LogP contribution in [0.25, 0.3) is 0 Å². The molecular weight excluding hydrogens is 236 g/mol. The Balaban J connectivity index is 1.74. The molecule has 1 fully saturated rings. The average Bonchev–Trinajstić information content (AvgIpc) is 2.37. The number of hydrogen-bond donors (Lipinski definition) is 3. The zero-order valence-electron chi connectivity index (χ0n) is 9.98. The van der Waals surface area contributed by atoms with Gasteiger partial charge in [-0.05, 0) is 5.56 Å². The molecular formula is C13H18O5. The van der Waals surface area contributed by atoms with Gasteiger partial charge in [-0.25, -0.2) is 0 Å². The van der Waals surface area contributed by atoms with Gasteiger partial charge in [-0.15, -0.1) is 0 Å². The number of ether oxygens (including phenoxy) is 2. The fraction of sp³-hybridized carbons (Fsp3) is 0.538. The zero-order chi connectivity index (χ0) is 13.0. The van der Waals surface area contributed by atoms with E-state index in [4.69, 9.17) is 9.47 Å². The van der Waals surface area contributed by atoms with Crippen molar-refractivity contribution in [1.29, 1.82) is 0 Å². The first kappa shape index (κ1) is 13.5. The van der Waals surface area contributed by atoms with Crippen LogP contribution < -0.4 is 0 Å². The van der Waals surface area contributed by atoms with Gasteiger partial charge in [-0.1, -0.05) is 30.3 Å². The lowest BCUT2D eigenvalue weighted by Crippen LogP contribution is -2.49. The molecule has 0 unspecified atom stereocenters. The SMILES string of the molecule is O[C@H]1[C@H](O)C[C@H](COCc2ccccc2)O[C@H]1O. The molecule has 0 aromatic heterocycles. The van der Waals surface area contributed by atoms with E-state index < -0.39 is 24.6 Å². The minimum atomic E-state index is -1.35. The molecule has 1 aliphatic heterocycles. The van der Waals surface area contributed by atoms with Gasteiger partial charge in [0.25, 0.3) is 0 Å². The Kier molecular flexibility index (Phi) is 4.68. The Hall–Kier alpha value is -0.980. The second-order valence-corrected chi connectivity index (χ2v) is 4.44. The predicted molar refractivity (Wildman–Crippen MR) is 63.6 cm³/mol. The average molecular weight is 254 g/mol. The molecule has 1 aliphatic rings. The number of rotatable bonds is 4. The van der Waals surface area contributed by atoms with E-state index in [1.54, 1.807) is 0 Å². The highest BCUT2D eigenvalue weighted by Gasteiger charge is 2.35. The molecule has 2 rings (SSSR count). The van der Waals surface area contributed by atoms with Crippen LogP contribution in [0, 0.1) is 0 Å². The summed E-state index contributed by atoms with van der Waals surface area (Å²) in [6.07, 6.45) is -3.71. The highest BCUT2D eigenvalue weighted by atomic mass is 16.6. The van der Waals surface area contributed by atoms with Gasteiger partial charge in [0.15, 0.2) is 6.29 Å². The first-order valence-electron chi connectivity index (χ1n) is 5.98. The van der Waals surface area contributed by atoms with Crippen molar-refractivity contribution >= 4 is 0 Å². The normalized spacial score (nSPS) is 32.4. The second-order valence-electron chi connectivity index (χ2n) is 4.44. The minimum absolute atomic E-state index is 0.257. The maximum absolute atomic E-state index is 9.49. The monoisotopic (exact) mass is 254 g/mol. The molecule has 100 valence electrons. The molecule has 0 radical (unpaired) electrons. The Labute approximate surface area is 106 Å². The smallest absolute Gasteiger partial charge is 0.183 e. The third-order valence-corrected chi connectivity index (χ3v) is 2.94. The topological polar surface area (TPSA) is 79.2 Å². The van der Waals surface area contributed by atoms with Crippen LogP contribution in [0.15, 0.2) is 30.3 Å². The highest BCUT2D eigenvalue weighted by Crippen LogP contribution is 2.19. The molecule has 1 saturated heterocycles. The lowest BCUT2D eigenvalue weighted by molar-refractivity contribution is -0.254. The number of aliphatic hydroxyl groups excluding tert-OH is 3. The Bertz CT molecular complexity index is 344. The van der Waals surface area contributed by atoms with Crippen LogP contribution in [0.1, 0.15) is 12.0 Å². The molecule has 5 heteroatoms. The predicted octanol–water partition coefficient (Wildman–Crippen LogP) is 0.0323. The van der Waals surface area contributed by atoms with Crippen molar-refractivity contribution in [2.24, 2.45) is 0 Å². The van der Waals surface area contributed by atoms with Gasteiger partial charge in [0, 0.05) is 6.42 Å². The van der Waals surface area contributed by atoms with Crippen LogP contribution in [0.4, 0.5) is 0 Å². The van der Waals surface area contributed by atoms with Crippen molar-refractivity contribution in [1.82, 2.24) is 0 Å². The largest absolute Gasteiger partial charge is 0.390 e. The van der Waals surface area contributed by atoms with Crippen LogP contribution in [0.5, 0.6) is 0 Å². The lowest BCUT2D eigenvalue weighted by Gasteiger charge is -2.34. The molecule has 0 amide bonds. The van der Waals surface area contributed by atoms with Gasteiger partial charge in [0.05, 0.1) is 25.4 Å². The lowest BCUT2D eigenvalue weighted by atomic mass is 10.0. The minimum Gasteiger partial charge on any atom is -0.390 e. The van der Waals surface area contributed by atoms with Crippen molar-refractivity contribution in [3.8, 4) is 0 Å². The summed E-state index contributed by atoms with van der Waals surface area (Å²) in [4.78, 5) is 0. The molecule has 0 bridgehead atoms. The number of benzene rings is 1. The summed E-state index contributed by atoms with van der Waals surface area (Å²) < 4.78 is 10.6. The van der Waals surface area contributed by atoms with E-state index in [1.165, 1.54) is 0 Å². The van der Waals surface area contributed by atoms with E-state index in [2.05, 4.69) is 0 Å². The quantitative estimate of drug-likeness (QED) is 0.706. The molecule has 1 aromatic rings. The van der Waals surface area contributed by atoms with Crippen LogP contribution in [-0.2, 0) is 16.1 Å². The second kappa shape index (κ2) is 6.26. The van der Waals surface area contributed by atoms with Crippen LogP contribution >= 0.6 is 0 Å². The molecule has 1 heterocycles. The van der Waals surface area contributed by atoms with Crippen molar-refractivity contribution in [3.63, 3.8) is 0 Å². The van der Waals surface area contributed by atoms with Crippen molar-refractivity contribution in [2.75, 3.05) is 6.61 Å². The van der Waals surface area contributed by atoms with E-state index in [0.29, 0.717) is 6.61 Å². The summed E-state index contributed by atoms with van der Waals surface area (Å²) >= 11 is 0. The highest BCUT2D eigenvalue weighted by molar-refractivity contribution is 5.13. The number of hydrogen-bond acceptors (Lipinski definition) is 5. The van der Waals surface area contributed by atoms with Gasteiger partial charge in [0.2, 0.25) is 0 Å². The summed E-state index contributed by atoms with van der Waals surface area (Å²) in [6.45, 7) is 0.727. The van der Waals surface area contributed by atoms with Gasteiger partial charge >= 0.3 is 0 Å². The molecule has 18 heavy (non-hydrogen) atoms. The van der Waals surface area contributed by atoms with Crippen molar-refractivity contribution in [2.45, 2.75) is 37.6 Å². The van der Waals surface area contributed by atoms with Crippen molar-refractivity contribution < 1.29 is 24.8 Å². The maximum Gasteiger partial charge on any atom is 0.183 e. The first-order valence-corrected chi connectivity index (χ1v) is 5.98. The van der Waals surface area contributed by atoms with Crippen LogP contribution in [-0.4, -0.2) is 46.5 Å². The molecule has 0 aliphatic carbocycles. The van der Waals surface area contributed by atoms with Gasteiger partial charge in [-0.2, -0.15) is 0 Å². The van der Waals surface area contributed by atoms with E-state index in [1.807, 2.05) is 30.3 Å². The molecule has 0 spiro atoms. The summed E-state index contributed by atoms with van der Waals surface area (Å²) in [5, 5.41) is 28.1. The van der Waals surface area contributed by atoms with Crippen LogP contribution in [0.3, 0.4) is 0 Å². The summed E-state index contributed by atoms with van der Waals surface area (Å²) in [6, 6.07) is 9.70. The molecule has 5 nitrogen and oxygen atoms in total. The fourth-order valence-corrected chi connectivity index (χ4v) is 1.92. The summed E-state index contributed by atoms with van der Waals surface area (Å²) in [7, 11) is 0. The molecule has 0 saturated carbocycles. The molecule has 4 atom stereocenters. The fourth-order valence-electron chi connectivity index (χ4n) is 1.92. The maximum atomic E-state index is 9.49. The van der Waals surface area contributed by atoms with E-state index in [-0.39, 0.29) is 13.0 Å². The third-order valence-electron chi connectivity index (χ3n) is 2.94. The standard InChI is InChI=1S/C13H18O5/c14-11-6-10(18-13(16)12(11)15)8-17-7-9-4-2-1-3-5-9/h1-5,10-16H,6-8H2/t10-,11-,12+,13-/m1/s1. The molecule has 3 N–H and O–H groups in total. The zero-order valence-corrected chi connectivity index (χ0v) is 9.98. The number of aliphatic hydroxyl groups is 3. The summed E-state index contributed by atoms with van der Waals surface area (Å²) in [5.41, 5.74) is 1.05. The first-order chi connectivity index (χ1) is 8.66. The van der Waals surface area contributed by atoms with E-state index in [0.717, 1.165) is 5.56 Å². The molecule has 1 aromatic carbocycles. The Morgan fingerprint density at radius 1 is 1.17 bits per heavy atom. The van der Waals surface area contributed by atoms with Gasteiger partial charge < -0.3 is 24.8 Å². The third kappa shape index (κ3) is 3.51. The van der Waals surface area contributed by atoms with Crippen molar-refractivity contribution in [3.05, 3.63) is 35.9 Å². The van der Waals surface area contributed by atoms with Gasteiger partial charge in [-0.3, -0.25) is 0 Å². The Morgan fingerprint density at radius 2 is 1.89 bits per heavy atom. The summed E-state index contributed by atoms with van der Waals surface area (Å²) in [5.74, 6) is 0. The van der Waals surface area contributed by atoms with E-state index >= 15 is 0 Å². The van der Waals surface area contributed by atoms with Crippen LogP contribution in [0.2, 0.25) is 0 Å². The Morgan fingerprint density at radius 3 is 2.56 bits per heavy atom. The van der Waals surface area contributed by atoms with E-state index in [9.17, 15) is 15.3 Å².